The van der Waals surface area contributed by atoms with Crippen molar-refractivity contribution < 1.29 is 14.8 Å². The molecule has 0 aromatic heterocycles. The van der Waals surface area contributed by atoms with E-state index in [0.29, 0.717) is 0 Å². The van der Waals surface area contributed by atoms with Crippen LogP contribution in [0.1, 0.15) is 29.5 Å². The minimum atomic E-state index is -0.555. The van der Waals surface area contributed by atoms with Gasteiger partial charge in [0, 0.05) is 36.8 Å². The summed E-state index contributed by atoms with van der Waals surface area (Å²) in [5, 5.41) is 11.9. The van der Waals surface area contributed by atoms with Gasteiger partial charge in [-0.05, 0) is 54.5 Å². The Balaban J connectivity index is 1.32. The van der Waals surface area contributed by atoms with Gasteiger partial charge in [-0.3, -0.25) is 14.8 Å². The molecule has 4 rings (SSSR count). The SMILES string of the molecule is O=C(C=Cc1ccccc1N1CCC(NC(=O)C2Cc3ccccc3C2)CC1)NO. The Labute approximate surface area is 176 Å². The van der Waals surface area contributed by atoms with Crippen LogP contribution in [0.15, 0.2) is 54.6 Å². The van der Waals surface area contributed by atoms with E-state index in [-0.39, 0.29) is 17.9 Å². The number of benzene rings is 2. The molecule has 0 atom stereocenters. The molecule has 0 unspecified atom stereocenters. The molecule has 3 N–H and O–H groups in total. The second-order valence-electron chi connectivity index (χ2n) is 8.01. The van der Waals surface area contributed by atoms with Gasteiger partial charge in [-0.2, -0.15) is 0 Å². The molecule has 2 amide bonds. The first-order chi connectivity index (χ1) is 14.6. The van der Waals surface area contributed by atoms with E-state index in [2.05, 4.69) is 22.3 Å². The largest absolute Gasteiger partial charge is 0.371 e. The van der Waals surface area contributed by atoms with Crippen LogP contribution < -0.4 is 15.7 Å². The quantitative estimate of drug-likeness (QED) is 0.406. The highest BCUT2D eigenvalue weighted by Crippen LogP contribution is 2.28. The number of fused-ring (bicyclic) bond motifs is 1. The van der Waals surface area contributed by atoms with E-state index in [1.54, 1.807) is 11.6 Å². The van der Waals surface area contributed by atoms with Gasteiger partial charge in [0.1, 0.15) is 0 Å². The third-order valence-corrected chi connectivity index (χ3v) is 6.07. The minimum absolute atomic E-state index is 0.0453. The number of nitrogens with one attached hydrogen (secondary N) is 2. The highest BCUT2D eigenvalue weighted by atomic mass is 16.5. The summed E-state index contributed by atoms with van der Waals surface area (Å²) in [7, 11) is 0. The Morgan fingerprint density at radius 2 is 1.60 bits per heavy atom. The topological polar surface area (TPSA) is 81.7 Å². The first-order valence-electron chi connectivity index (χ1n) is 10.5. The van der Waals surface area contributed by atoms with E-state index in [1.807, 2.05) is 36.4 Å². The molecule has 2 aromatic carbocycles. The summed E-state index contributed by atoms with van der Waals surface area (Å²) in [6.45, 7) is 1.68. The lowest BCUT2D eigenvalue weighted by Crippen LogP contribution is -2.46. The lowest BCUT2D eigenvalue weighted by Gasteiger charge is -2.35. The summed E-state index contributed by atoms with van der Waals surface area (Å²) >= 11 is 0. The van der Waals surface area contributed by atoms with Gasteiger partial charge in [0.25, 0.3) is 5.91 Å². The van der Waals surface area contributed by atoms with Gasteiger partial charge in [-0.1, -0.05) is 42.5 Å². The third-order valence-electron chi connectivity index (χ3n) is 6.07. The molecule has 0 radical (unpaired) electrons. The summed E-state index contributed by atoms with van der Waals surface area (Å²) in [5.74, 6) is -0.341. The molecule has 1 saturated heterocycles. The van der Waals surface area contributed by atoms with Gasteiger partial charge in [-0.25, -0.2) is 5.48 Å². The van der Waals surface area contributed by atoms with Crippen molar-refractivity contribution in [2.45, 2.75) is 31.7 Å². The lowest BCUT2D eigenvalue weighted by atomic mass is 10.00. The van der Waals surface area contributed by atoms with Crippen LogP contribution in [0.3, 0.4) is 0 Å². The molecule has 156 valence electrons. The smallest absolute Gasteiger partial charge is 0.267 e. The Bertz CT molecular complexity index is 923. The molecule has 2 aliphatic rings. The molecule has 30 heavy (non-hydrogen) atoms. The van der Waals surface area contributed by atoms with Crippen LogP contribution in [0.4, 0.5) is 5.69 Å². The second kappa shape index (κ2) is 9.13. The Kier molecular flexibility index (Phi) is 6.14. The number of hydrogen-bond acceptors (Lipinski definition) is 4. The number of rotatable bonds is 5. The zero-order chi connectivity index (χ0) is 20.9. The fourth-order valence-corrected chi connectivity index (χ4v) is 4.45. The van der Waals surface area contributed by atoms with Crippen molar-refractivity contribution in [1.29, 1.82) is 0 Å². The van der Waals surface area contributed by atoms with Gasteiger partial charge >= 0.3 is 0 Å². The summed E-state index contributed by atoms with van der Waals surface area (Å²) in [5.41, 5.74) is 6.18. The van der Waals surface area contributed by atoms with Crippen LogP contribution in [-0.2, 0) is 22.4 Å². The van der Waals surface area contributed by atoms with E-state index >= 15 is 0 Å². The van der Waals surface area contributed by atoms with Crippen molar-refractivity contribution in [1.82, 2.24) is 10.8 Å². The van der Waals surface area contributed by atoms with E-state index in [0.717, 1.165) is 50.0 Å². The number of piperidine rings is 1. The van der Waals surface area contributed by atoms with E-state index < -0.39 is 5.91 Å². The maximum atomic E-state index is 12.8. The predicted molar refractivity (Wildman–Crippen MR) is 116 cm³/mol. The number of para-hydroxylation sites is 1. The molecule has 1 aliphatic heterocycles. The van der Waals surface area contributed by atoms with Gasteiger partial charge in [0.2, 0.25) is 5.91 Å². The molecular formula is C24H27N3O3. The van der Waals surface area contributed by atoms with Crippen LogP contribution in [0, 0.1) is 5.92 Å². The molecule has 6 heteroatoms. The zero-order valence-corrected chi connectivity index (χ0v) is 16.9. The first-order valence-corrected chi connectivity index (χ1v) is 10.5. The summed E-state index contributed by atoms with van der Waals surface area (Å²) in [6, 6.07) is 16.4. The van der Waals surface area contributed by atoms with Crippen LogP contribution >= 0.6 is 0 Å². The molecule has 1 heterocycles. The van der Waals surface area contributed by atoms with Crippen LogP contribution in [-0.4, -0.2) is 36.2 Å². The summed E-state index contributed by atoms with van der Waals surface area (Å²) < 4.78 is 0. The molecule has 2 aromatic rings. The molecule has 0 spiro atoms. The Morgan fingerprint density at radius 3 is 2.27 bits per heavy atom. The normalized spacial score (nSPS) is 17.2. The van der Waals surface area contributed by atoms with Gasteiger partial charge in [-0.15, -0.1) is 0 Å². The van der Waals surface area contributed by atoms with Crippen LogP contribution in [0.2, 0.25) is 0 Å². The molecule has 1 fully saturated rings. The minimum Gasteiger partial charge on any atom is -0.371 e. The molecule has 0 saturated carbocycles. The van der Waals surface area contributed by atoms with E-state index in [4.69, 9.17) is 5.21 Å². The Hall–Kier alpha value is -3.12. The van der Waals surface area contributed by atoms with Gasteiger partial charge < -0.3 is 10.2 Å². The van der Waals surface area contributed by atoms with Crippen molar-refractivity contribution in [2.75, 3.05) is 18.0 Å². The number of hydroxylamine groups is 1. The average molecular weight is 405 g/mol. The molecule has 0 bridgehead atoms. The van der Waals surface area contributed by atoms with Gasteiger partial charge in [0.15, 0.2) is 0 Å². The second-order valence-corrected chi connectivity index (χ2v) is 8.01. The van der Waals surface area contributed by atoms with Crippen molar-refractivity contribution >= 4 is 23.6 Å². The summed E-state index contributed by atoms with van der Waals surface area (Å²) in [6.07, 6.45) is 6.46. The van der Waals surface area contributed by atoms with Crippen LogP contribution in [0.25, 0.3) is 6.08 Å². The number of carbonyl (C=O) groups excluding carboxylic acids is 2. The standard InChI is InChI=1S/C24H27N3O3/c28-23(26-30)10-9-17-5-3-4-8-22(17)27-13-11-21(12-14-27)25-24(29)20-15-18-6-1-2-7-19(18)16-20/h1-10,20-21,30H,11-16H2,(H,25,29)(H,26,28). The van der Waals surface area contributed by atoms with E-state index in [9.17, 15) is 9.59 Å². The molecule has 6 nitrogen and oxygen atoms in total. The summed E-state index contributed by atoms with van der Waals surface area (Å²) in [4.78, 5) is 26.4. The highest BCUT2D eigenvalue weighted by molar-refractivity contribution is 5.91. The van der Waals surface area contributed by atoms with E-state index in [1.165, 1.54) is 17.2 Å². The fourth-order valence-electron chi connectivity index (χ4n) is 4.45. The van der Waals surface area contributed by atoms with Crippen molar-refractivity contribution in [3.63, 3.8) is 0 Å². The predicted octanol–water partition coefficient (Wildman–Crippen LogP) is 2.71. The number of nitrogens with zero attached hydrogens (tertiary/aromatic N) is 1. The zero-order valence-electron chi connectivity index (χ0n) is 16.9. The van der Waals surface area contributed by atoms with Crippen molar-refractivity contribution in [2.24, 2.45) is 5.92 Å². The van der Waals surface area contributed by atoms with Crippen molar-refractivity contribution in [3.8, 4) is 0 Å². The molecular weight excluding hydrogens is 378 g/mol. The maximum absolute atomic E-state index is 12.8. The van der Waals surface area contributed by atoms with Crippen molar-refractivity contribution in [3.05, 3.63) is 71.3 Å². The lowest BCUT2D eigenvalue weighted by molar-refractivity contribution is -0.125. The Morgan fingerprint density at radius 1 is 0.967 bits per heavy atom. The number of anilines is 1. The average Bonchev–Trinajstić information content (AvgIpc) is 3.23. The number of carbonyl (C=O) groups is 2. The van der Waals surface area contributed by atoms with Gasteiger partial charge in [0.05, 0.1) is 0 Å². The number of hydrogen-bond donors (Lipinski definition) is 3. The molecule has 1 aliphatic carbocycles. The number of amides is 2. The first kappa shape index (κ1) is 20.2. The monoisotopic (exact) mass is 405 g/mol. The maximum Gasteiger partial charge on any atom is 0.267 e. The fraction of sp³-hybridized carbons (Fsp3) is 0.333. The highest BCUT2D eigenvalue weighted by Gasteiger charge is 2.29. The van der Waals surface area contributed by atoms with Crippen LogP contribution in [0.5, 0.6) is 0 Å². The third kappa shape index (κ3) is 4.54.